The standard InChI is InChI=1S/C13H19N7/c1-18-7-8-19(12(9-14)10-18)13-15-16-17-20(13)11-5-3-2-4-6-11/h2-6,12H,7-10,14H2,1H3. The Morgan fingerprint density at radius 1 is 1.25 bits per heavy atom. The van der Waals surface area contributed by atoms with Gasteiger partial charge in [-0.3, -0.25) is 0 Å². The summed E-state index contributed by atoms with van der Waals surface area (Å²) >= 11 is 0. The van der Waals surface area contributed by atoms with Gasteiger partial charge >= 0.3 is 0 Å². The number of hydrogen-bond acceptors (Lipinski definition) is 6. The molecule has 0 spiro atoms. The van der Waals surface area contributed by atoms with Gasteiger partial charge in [0.1, 0.15) is 0 Å². The molecule has 20 heavy (non-hydrogen) atoms. The van der Waals surface area contributed by atoms with Gasteiger partial charge in [-0.05, 0) is 29.6 Å². The van der Waals surface area contributed by atoms with Crippen molar-refractivity contribution in [3.05, 3.63) is 30.3 Å². The molecule has 7 nitrogen and oxygen atoms in total. The molecule has 1 fully saturated rings. The van der Waals surface area contributed by atoms with E-state index < -0.39 is 0 Å². The molecule has 1 aliphatic heterocycles. The molecule has 0 radical (unpaired) electrons. The maximum absolute atomic E-state index is 5.90. The molecule has 0 bridgehead atoms. The molecule has 2 heterocycles. The van der Waals surface area contributed by atoms with Gasteiger partial charge in [-0.2, -0.15) is 4.68 Å². The third-order valence-electron chi connectivity index (χ3n) is 3.67. The van der Waals surface area contributed by atoms with Crippen molar-refractivity contribution in [3.8, 4) is 5.69 Å². The van der Waals surface area contributed by atoms with Crippen molar-refractivity contribution in [1.29, 1.82) is 0 Å². The number of aromatic nitrogens is 4. The van der Waals surface area contributed by atoms with Crippen molar-refractivity contribution in [3.63, 3.8) is 0 Å². The molecule has 106 valence electrons. The van der Waals surface area contributed by atoms with Gasteiger partial charge < -0.3 is 15.5 Å². The van der Waals surface area contributed by atoms with Crippen LogP contribution in [0.15, 0.2) is 30.3 Å². The molecular weight excluding hydrogens is 254 g/mol. The number of hydrogen-bond donors (Lipinski definition) is 1. The zero-order valence-electron chi connectivity index (χ0n) is 11.6. The number of likely N-dealkylation sites (N-methyl/N-ethyl adjacent to an activating group) is 1. The van der Waals surface area contributed by atoms with Crippen LogP contribution < -0.4 is 10.6 Å². The number of rotatable bonds is 3. The van der Waals surface area contributed by atoms with E-state index in [4.69, 9.17) is 5.73 Å². The lowest BCUT2D eigenvalue weighted by Crippen LogP contribution is -2.55. The van der Waals surface area contributed by atoms with Crippen molar-refractivity contribution in [2.24, 2.45) is 5.73 Å². The molecule has 1 aromatic heterocycles. The predicted octanol–water partition coefficient (Wildman–Crippen LogP) is -0.259. The Hall–Kier alpha value is -1.99. The van der Waals surface area contributed by atoms with E-state index >= 15 is 0 Å². The summed E-state index contributed by atoms with van der Waals surface area (Å²) in [5.74, 6) is 0.764. The van der Waals surface area contributed by atoms with Crippen LogP contribution in [0.3, 0.4) is 0 Å². The maximum atomic E-state index is 5.90. The molecule has 7 heteroatoms. The van der Waals surface area contributed by atoms with Crippen molar-refractivity contribution in [2.45, 2.75) is 6.04 Å². The highest BCUT2D eigenvalue weighted by Crippen LogP contribution is 2.19. The van der Waals surface area contributed by atoms with Gasteiger partial charge in [0, 0.05) is 26.2 Å². The highest BCUT2D eigenvalue weighted by atomic mass is 15.6. The fourth-order valence-corrected chi connectivity index (χ4v) is 2.57. The van der Waals surface area contributed by atoms with Crippen LogP contribution in [0.25, 0.3) is 5.69 Å². The minimum atomic E-state index is 0.238. The highest BCUT2D eigenvalue weighted by molar-refractivity contribution is 5.42. The summed E-state index contributed by atoms with van der Waals surface area (Å²) in [7, 11) is 2.11. The average Bonchev–Trinajstić information content (AvgIpc) is 2.97. The van der Waals surface area contributed by atoms with Gasteiger partial charge in [0.15, 0.2) is 0 Å². The zero-order valence-corrected chi connectivity index (χ0v) is 11.6. The first-order valence-electron chi connectivity index (χ1n) is 6.78. The zero-order chi connectivity index (χ0) is 13.9. The molecule has 0 amide bonds. The summed E-state index contributed by atoms with van der Waals surface area (Å²) in [5, 5.41) is 12.1. The molecule has 1 atom stereocenters. The van der Waals surface area contributed by atoms with Crippen molar-refractivity contribution < 1.29 is 0 Å². The SMILES string of the molecule is CN1CCN(c2nnnn2-c2ccccc2)C(CN)C1. The lowest BCUT2D eigenvalue weighted by Gasteiger charge is -2.39. The second-order valence-electron chi connectivity index (χ2n) is 5.07. The highest BCUT2D eigenvalue weighted by Gasteiger charge is 2.28. The molecule has 0 saturated carbocycles. The van der Waals surface area contributed by atoms with Crippen molar-refractivity contribution in [2.75, 3.05) is 38.1 Å². The molecule has 3 rings (SSSR count). The minimum Gasteiger partial charge on any atom is -0.333 e. The molecule has 2 N–H and O–H groups in total. The van der Waals surface area contributed by atoms with E-state index in [9.17, 15) is 0 Å². The van der Waals surface area contributed by atoms with E-state index in [1.54, 1.807) is 4.68 Å². The van der Waals surface area contributed by atoms with E-state index in [0.717, 1.165) is 31.3 Å². The summed E-state index contributed by atoms with van der Waals surface area (Å²) in [6.07, 6.45) is 0. The molecule has 1 unspecified atom stereocenters. The summed E-state index contributed by atoms with van der Waals surface area (Å²) in [5.41, 5.74) is 6.86. The third-order valence-corrected chi connectivity index (χ3v) is 3.67. The fourth-order valence-electron chi connectivity index (χ4n) is 2.57. The maximum Gasteiger partial charge on any atom is 0.250 e. The molecule has 1 saturated heterocycles. The Balaban J connectivity index is 1.93. The van der Waals surface area contributed by atoms with Crippen LogP contribution in [-0.2, 0) is 0 Å². The Labute approximate surface area is 118 Å². The van der Waals surface area contributed by atoms with E-state index in [-0.39, 0.29) is 6.04 Å². The first kappa shape index (κ1) is 13.0. The summed E-state index contributed by atoms with van der Waals surface area (Å²) < 4.78 is 1.77. The number of para-hydroxylation sites is 1. The summed E-state index contributed by atoms with van der Waals surface area (Å²) in [6, 6.07) is 10.2. The van der Waals surface area contributed by atoms with Crippen LogP contribution in [0.2, 0.25) is 0 Å². The molecule has 0 aliphatic carbocycles. The second kappa shape index (κ2) is 5.56. The van der Waals surface area contributed by atoms with Crippen LogP contribution in [0.4, 0.5) is 5.95 Å². The van der Waals surface area contributed by atoms with Crippen molar-refractivity contribution >= 4 is 5.95 Å². The minimum absolute atomic E-state index is 0.238. The molecule has 1 aromatic carbocycles. The number of nitrogens with zero attached hydrogens (tertiary/aromatic N) is 6. The monoisotopic (exact) mass is 273 g/mol. The fraction of sp³-hybridized carbons (Fsp3) is 0.462. The largest absolute Gasteiger partial charge is 0.333 e. The van der Waals surface area contributed by atoms with Gasteiger partial charge in [-0.25, -0.2) is 0 Å². The lowest BCUT2D eigenvalue weighted by molar-refractivity contribution is 0.267. The van der Waals surface area contributed by atoms with Crippen LogP contribution in [-0.4, -0.2) is 64.4 Å². The van der Waals surface area contributed by atoms with E-state index in [2.05, 4.69) is 32.4 Å². The van der Waals surface area contributed by atoms with E-state index in [1.807, 2.05) is 30.3 Å². The van der Waals surface area contributed by atoms with Crippen molar-refractivity contribution in [1.82, 2.24) is 25.1 Å². The number of anilines is 1. The summed E-state index contributed by atoms with van der Waals surface area (Å²) in [6.45, 7) is 3.38. The van der Waals surface area contributed by atoms with Crippen LogP contribution in [0.5, 0.6) is 0 Å². The number of benzene rings is 1. The number of piperazine rings is 1. The smallest absolute Gasteiger partial charge is 0.250 e. The van der Waals surface area contributed by atoms with E-state index in [0.29, 0.717) is 6.54 Å². The van der Waals surface area contributed by atoms with Gasteiger partial charge in [0.25, 0.3) is 5.95 Å². The predicted molar refractivity (Wildman–Crippen MR) is 76.8 cm³/mol. The molecular formula is C13H19N7. The van der Waals surface area contributed by atoms with Crippen LogP contribution in [0, 0.1) is 0 Å². The molecule has 2 aromatic rings. The Bertz CT molecular complexity index is 553. The first-order chi connectivity index (χ1) is 9.79. The third kappa shape index (κ3) is 2.37. The van der Waals surface area contributed by atoms with Crippen LogP contribution >= 0.6 is 0 Å². The van der Waals surface area contributed by atoms with Gasteiger partial charge in [-0.1, -0.05) is 23.3 Å². The Morgan fingerprint density at radius 2 is 2.05 bits per heavy atom. The molecule has 1 aliphatic rings. The van der Waals surface area contributed by atoms with Gasteiger partial charge in [0.05, 0.1) is 11.7 Å². The average molecular weight is 273 g/mol. The Morgan fingerprint density at radius 3 is 2.80 bits per heavy atom. The van der Waals surface area contributed by atoms with Gasteiger partial charge in [-0.15, -0.1) is 0 Å². The normalized spacial score (nSPS) is 20.3. The van der Waals surface area contributed by atoms with E-state index in [1.165, 1.54) is 0 Å². The van der Waals surface area contributed by atoms with Gasteiger partial charge in [0.2, 0.25) is 0 Å². The topological polar surface area (TPSA) is 76.1 Å². The van der Waals surface area contributed by atoms with Crippen LogP contribution in [0.1, 0.15) is 0 Å². The lowest BCUT2D eigenvalue weighted by atomic mass is 10.2. The quantitative estimate of drug-likeness (QED) is 0.830. The Kier molecular flexibility index (Phi) is 3.62. The second-order valence-corrected chi connectivity index (χ2v) is 5.07. The number of tetrazole rings is 1. The first-order valence-corrected chi connectivity index (χ1v) is 6.78. The summed E-state index contributed by atoms with van der Waals surface area (Å²) in [4.78, 5) is 4.48. The number of nitrogens with two attached hydrogens (primary N) is 1.